The van der Waals surface area contributed by atoms with Crippen LogP contribution in [0.15, 0.2) is 0 Å². The molecule has 0 aliphatic rings. The fourth-order valence-electron chi connectivity index (χ4n) is 1.33. The molecule has 3 N–H and O–H groups in total. The van der Waals surface area contributed by atoms with E-state index in [4.69, 9.17) is 5.73 Å². The third-order valence-corrected chi connectivity index (χ3v) is 2.15. The van der Waals surface area contributed by atoms with Crippen molar-refractivity contribution in [3.05, 3.63) is 0 Å². The van der Waals surface area contributed by atoms with Crippen molar-refractivity contribution in [1.29, 1.82) is 0 Å². The molecule has 0 bridgehead atoms. The van der Waals surface area contributed by atoms with Crippen LogP contribution in [0.5, 0.6) is 0 Å². The Hall–Kier alpha value is -0.940. The first kappa shape index (κ1) is 15.1. The number of hydrogen-bond donors (Lipinski definition) is 2. The normalized spacial score (nSPS) is 16.7. The van der Waals surface area contributed by atoms with E-state index in [0.717, 1.165) is 0 Å². The van der Waals surface area contributed by atoms with Gasteiger partial charge in [-0.3, -0.25) is 9.59 Å². The van der Waals surface area contributed by atoms with Crippen molar-refractivity contribution in [2.45, 2.75) is 45.8 Å². The summed E-state index contributed by atoms with van der Waals surface area (Å²) < 4.78 is 4.62. The Bertz CT molecular complexity index is 261. The number of rotatable bonds is 6. The largest absolute Gasteiger partial charge is 0.462 e. The van der Waals surface area contributed by atoms with Crippen LogP contribution in [0.1, 0.15) is 34.1 Å². The lowest BCUT2D eigenvalue weighted by Crippen LogP contribution is -2.50. The summed E-state index contributed by atoms with van der Waals surface area (Å²) in [4.78, 5) is 22.3. The highest BCUT2D eigenvalue weighted by atomic mass is 16.5. The van der Waals surface area contributed by atoms with E-state index in [2.05, 4.69) is 4.74 Å². The molecule has 0 saturated carbocycles. The summed E-state index contributed by atoms with van der Waals surface area (Å²) in [5, 5.41) is 9.81. The van der Waals surface area contributed by atoms with Crippen molar-refractivity contribution >= 4 is 11.8 Å². The second-order valence-corrected chi connectivity index (χ2v) is 4.65. The number of Topliss-reactive ketones (excluding diaryl/α,β-unsaturated/α-hetero) is 1. The lowest BCUT2D eigenvalue weighted by Gasteiger charge is -2.25. The Kier molecular flexibility index (Phi) is 5.61. The molecule has 5 heteroatoms. The zero-order valence-corrected chi connectivity index (χ0v) is 10.3. The van der Waals surface area contributed by atoms with Crippen LogP contribution in [0.4, 0.5) is 0 Å². The van der Waals surface area contributed by atoms with Gasteiger partial charge in [0, 0.05) is 6.92 Å². The van der Waals surface area contributed by atoms with Crippen LogP contribution in [0.3, 0.4) is 0 Å². The highest BCUT2D eigenvalue weighted by Gasteiger charge is 2.35. The van der Waals surface area contributed by atoms with Gasteiger partial charge in [0.1, 0.15) is 6.61 Å². The van der Waals surface area contributed by atoms with Gasteiger partial charge in [-0.2, -0.15) is 0 Å². The summed E-state index contributed by atoms with van der Waals surface area (Å²) >= 11 is 0. The van der Waals surface area contributed by atoms with E-state index in [1.807, 2.05) is 13.8 Å². The molecular formula is C11H21NO4. The van der Waals surface area contributed by atoms with Crippen LogP contribution >= 0.6 is 0 Å². The van der Waals surface area contributed by atoms with Crippen molar-refractivity contribution < 1.29 is 19.4 Å². The average molecular weight is 231 g/mol. The van der Waals surface area contributed by atoms with E-state index < -0.39 is 23.4 Å². The number of nitrogens with two attached hydrogens (primary N) is 1. The molecule has 0 fully saturated rings. The lowest BCUT2D eigenvalue weighted by atomic mass is 9.91. The summed E-state index contributed by atoms with van der Waals surface area (Å²) in [5.41, 5.74) is 3.95. The number of ether oxygens (including phenoxy) is 1. The first-order valence-electron chi connectivity index (χ1n) is 5.32. The second-order valence-electron chi connectivity index (χ2n) is 4.65. The zero-order valence-electron chi connectivity index (χ0n) is 10.3. The van der Waals surface area contributed by atoms with Crippen LogP contribution in [0.2, 0.25) is 0 Å². The standard InChI is InChI=1S/C11H21NO4/c1-7(2)5-9(12)10(14)11(4,15)6-16-8(3)13/h7,9,15H,5-6,12H2,1-4H3/t9-,11-/m0/s1. The molecule has 0 unspecified atom stereocenters. The smallest absolute Gasteiger partial charge is 0.302 e. The monoisotopic (exact) mass is 231 g/mol. The van der Waals surface area contributed by atoms with Crippen LogP contribution in [-0.4, -0.2) is 35.1 Å². The van der Waals surface area contributed by atoms with Crippen LogP contribution in [0.25, 0.3) is 0 Å². The minimum Gasteiger partial charge on any atom is -0.462 e. The Balaban J connectivity index is 4.38. The van der Waals surface area contributed by atoms with E-state index in [1.54, 1.807) is 0 Å². The molecule has 0 aromatic carbocycles. The van der Waals surface area contributed by atoms with E-state index >= 15 is 0 Å². The number of carbonyl (C=O) groups is 2. The Morgan fingerprint density at radius 3 is 2.31 bits per heavy atom. The van der Waals surface area contributed by atoms with Gasteiger partial charge in [-0.25, -0.2) is 0 Å². The fraction of sp³-hybridized carbons (Fsp3) is 0.818. The number of carbonyl (C=O) groups excluding carboxylic acids is 2. The second kappa shape index (κ2) is 5.96. The zero-order chi connectivity index (χ0) is 12.9. The van der Waals surface area contributed by atoms with E-state index in [-0.39, 0.29) is 12.5 Å². The molecular weight excluding hydrogens is 210 g/mol. The summed E-state index contributed by atoms with van der Waals surface area (Å²) in [5.74, 6) is -0.767. The molecule has 0 saturated heterocycles. The van der Waals surface area contributed by atoms with Crippen LogP contribution < -0.4 is 5.73 Å². The van der Waals surface area contributed by atoms with Crippen LogP contribution in [-0.2, 0) is 14.3 Å². The summed E-state index contributed by atoms with van der Waals surface area (Å²) in [6.45, 7) is 6.04. The SMILES string of the molecule is CC(=O)OC[C@](C)(O)C(=O)[C@@H](N)CC(C)C. The van der Waals surface area contributed by atoms with Gasteiger partial charge in [0.15, 0.2) is 11.4 Å². The van der Waals surface area contributed by atoms with E-state index in [9.17, 15) is 14.7 Å². The number of ketones is 1. The predicted molar refractivity (Wildman–Crippen MR) is 59.7 cm³/mol. The van der Waals surface area contributed by atoms with Gasteiger partial charge in [0.2, 0.25) is 0 Å². The first-order valence-corrected chi connectivity index (χ1v) is 5.32. The maximum absolute atomic E-state index is 11.7. The summed E-state index contributed by atoms with van der Waals surface area (Å²) in [6.07, 6.45) is 0.495. The predicted octanol–water partition coefficient (Wildman–Crippen LogP) is 0.243. The van der Waals surface area contributed by atoms with Crippen molar-refractivity contribution in [3.63, 3.8) is 0 Å². The van der Waals surface area contributed by atoms with E-state index in [1.165, 1.54) is 13.8 Å². The summed E-state index contributed by atoms with van der Waals surface area (Å²) in [6, 6.07) is -0.731. The van der Waals surface area contributed by atoms with Gasteiger partial charge in [0.25, 0.3) is 0 Å². The maximum atomic E-state index is 11.7. The first-order chi connectivity index (χ1) is 7.16. The number of aliphatic hydroxyl groups is 1. The quantitative estimate of drug-likeness (QED) is 0.639. The third-order valence-electron chi connectivity index (χ3n) is 2.15. The lowest BCUT2D eigenvalue weighted by molar-refractivity contribution is -0.155. The molecule has 94 valence electrons. The number of esters is 1. The average Bonchev–Trinajstić information content (AvgIpc) is 2.12. The Morgan fingerprint density at radius 1 is 1.44 bits per heavy atom. The van der Waals surface area contributed by atoms with Crippen molar-refractivity contribution in [2.75, 3.05) is 6.61 Å². The highest BCUT2D eigenvalue weighted by molar-refractivity contribution is 5.91. The van der Waals surface area contributed by atoms with Crippen molar-refractivity contribution in [2.24, 2.45) is 11.7 Å². The van der Waals surface area contributed by atoms with Gasteiger partial charge in [0.05, 0.1) is 6.04 Å². The third kappa shape index (κ3) is 5.23. The Morgan fingerprint density at radius 2 is 1.94 bits per heavy atom. The molecule has 0 rings (SSSR count). The molecule has 0 aliphatic heterocycles. The summed E-state index contributed by atoms with van der Waals surface area (Å²) in [7, 11) is 0. The highest BCUT2D eigenvalue weighted by Crippen LogP contribution is 2.13. The molecule has 0 aromatic heterocycles. The topological polar surface area (TPSA) is 89.6 Å². The molecule has 0 spiro atoms. The molecule has 16 heavy (non-hydrogen) atoms. The molecule has 0 aliphatic carbocycles. The molecule has 5 nitrogen and oxygen atoms in total. The fourth-order valence-corrected chi connectivity index (χ4v) is 1.33. The van der Waals surface area contributed by atoms with Gasteiger partial charge in [-0.1, -0.05) is 13.8 Å². The van der Waals surface area contributed by atoms with Crippen LogP contribution in [0, 0.1) is 5.92 Å². The number of hydrogen-bond acceptors (Lipinski definition) is 5. The van der Waals surface area contributed by atoms with E-state index in [0.29, 0.717) is 6.42 Å². The minimum absolute atomic E-state index is 0.267. The molecule has 0 radical (unpaired) electrons. The molecule has 0 amide bonds. The van der Waals surface area contributed by atoms with Gasteiger partial charge < -0.3 is 15.6 Å². The maximum Gasteiger partial charge on any atom is 0.302 e. The van der Waals surface area contributed by atoms with Crippen molar-refractivity contribution in [3.8, 4) is 0 Å². The van der Waals surface area contributed by atoms with Gasteiger partial charge in [-0.15, -0.1) is 0 Å². The van der Waals surface area contributed by atoms with Crippen molar-refractivity contribution in [1.82, 2.24) is 0 Å². The Labute approximate surface area is 96.0 Å². The minimum atomic E-state index is -1.71. The van der Waals surface area contributed by atoms with Gasteiger partial charge in [-0.05, 0) is 19.3 Å². The molecule has 2 atom stereocenters. The molecule has 0 heterocycles. The van der Waals surface area contributed by atoms with Gasteiger partial charge >= 0.3 is 5.97 Å². The molecule has 0 aromatic rings.